The highest BCUT2D eigenvalue weighted by molar-refractivity contribution is 6.34. The van der Waals surface area contributed by atoms with Gasteiger partial charge in [-0.05, 0) is 62.1 Å². The van der Waals surface area contributed by atoms with Crippen LogP contribution >= 0.6 is 11.6 Å². The molecule has 0 spiro atoms. The highest BCUT2D eigenvalue weighted by atomic mass is 35.5. The Hall–Kier alpha value is -2.95. The Morgan fingerprint density at radius 2 is 2.12 bits per heavy atom. The van der Waals surface area contributed by atoms with Crippen LogP contribution in [-0.2, 0) is 28.0 Å². The first-order chi connectivity index (χ1) is 15.9. The fourth-order valence-corrected chi connectivity index (χ4v) is 5.41. The number of hydrogen-bond acceptors (Lipinski definition) is 5. The van der Waals surface area contributed by atoms with Crippen LogP contribution in [0.4, 0.5) is 0 Å². The van der Waals surface area contributed by atoms with Gasteiger partial charge in [0.15, 0.2) is 0 Å². The number of carbonyl (C=O) groups is 2. The maximum absolute atomic E-state index is 13.9. The van der Waals surface area contributed by atoms with Crippen molar-refractivity contribution in [3.63, 3.8) is 0 Å². The SMILES string of the molecule is N#CC1(c2cccc(Cl)c2C(=O)n2nc(C3=CCC(C(=O)O)CC3)c3c2COCC3)CCC1. The average Bonchev–Trinajstić information content (AvgIpc) is 3.18. The topological polar surface area (TPSA) is 105 Å². The van der Waals surface area contributed by atoms with Crippen LogP contribution < -0.4 is 0 Å². The van der Waals surface area contributed by atoms with Gasteiger partial charge in [0, 0.05) is 5.56 Å². The van der Waals surface area contributed by atoms with Crippen LogP contribution in [0, 0.1) is 17.2 Å². The summed E-state index contributed by atoms with van der Waals surface area (Å²) in [6, 6.07) is 7.69. The number of fused-ring (bicyclic) bond motifs is 1. The summed E-state index contributed by atoms with van der Waals surface area (Å²) in [5, 5.41) is 24.2. The van der Waals surface area contributed by atoms with Crippen LogP contribution in [-0.4, -0.2) is 33.4 Å². The number of halogens is 1. The number of benzene rings is 1. The largest absolute Gasteiger partial charge is 0.481 e. The third-order valence-corrected chi connectivity index (χ3v) is 7.56. The Balaban J connectivity index is 1.59. The van der Waals surface area contributed by atoms with Gasteiger partial charge in [-0.1, -0.05) is 29.8 Å². The quantitative estimate of drug-likeness (QED) is 0.712. The molecule has 1 N–H and O–H groups in total. The van der Waals surface area contributed by atoms with Crippen LogP contribution in [0.25, 0.3) is 5.57 Å². The number of carboxylic acids is 1. The van der Waals surface area contributed by atoms with E-state index in [4.69, 9.17) is 21.4 Å². The van der Waals surface area contributed by atoms with Gasteiger partial charge in [-0.2, -0.15) is 15.0 Å². The molecule has 1 fully saturated rings. The van der Waals surface area contributed by atoms with Gasteiger partial charge in [-0.3, -0.25) is 9.59 Å². The minimum atomic E-state index is -0.782. The zero-order valence-electron chi connectivity index (χ0n) is 18.1. The van der Waals surface area contributed by atoms with Crippen LogP contribution in [0.5, 0.6) is 0 Å². The van der Waals surface area contributed by atoms with E-state index < -0.39 is 11.4 Å². The maximum Gasteiger partial charge on any atom is 0.306 e. The molecule has 2 heterocycles. The lowest BCUT2D eigenvalue weighted by atomic mass is 9.64. The molecule has 1 saturated carbocycles. The molecule has 1 aromatic heterocycles. The number of carbonyl (C=O) groups excluding carboxylic acids is 1. The molecule has 0 saturated heterocycles. The minimum absolute atomic E-state index is 0.266. The molecule has 1 atom stereocenters. The highest BCUT2D eigenvalue weighted by Gasteiger charge is 2.43. The lowest BCUT2D eigenvalue weighted by molar-refractivity contribution is -0.141. The Morgan fingerprint density at radius 3 is 2.76 bits per heavy atom. The molecule has 1 aromatic carbocycles. The zero-order valence-corrected chi connectivity index (χ0v) is 18.9. The molecule has 1 unspecified atom stereocenters. The summed E-state index contributed by atoms with van der Waals surface area (Å²) in [6.45, 7) is 0.808. The summed E-state index contributed by atoms with van der Waals surface area (Å²) in [6.07, 6.45) is 6.52. The van der Waals surface area contributed by atoms with E-state index in [0.29, 0.717) is 67.0 Å². The van der Waals surface area contributed by atoms with E-state index in [0.717, 1.165) is 23.3 Å². The molecule has 0 bridgehead atoms. The van der Waals surface area contributed by atoms with Gasteiger partial charge in [0.2, 0.25) is 0 Å². The van der Waals surface area contributed by atoms with Crippen molar-refractivity contribution in [1.29, 1.82) is 5.26 Å². The summed E-state index contributed by atoms with van der Waals surface area (Å²) in [7, 11) is 0. The first-order valence-corrected chi connectivity index (χ1v) is 11.7. The molecule has 170 valence electrons. The fourth-order valence-electron chi connectivity index (χ4n) is 5.16. The van der Waals surface area contributed by atoms with Gasteiger partial charge in [0.25, 0.3) is 5.91 Å². The van der Waals surface area contributed by atoms with Crippen molar-refractivity contribution in [1.82, 2.24) is 9.78 Å². The highest BCUT2D eigenvalue weighted by Crippen LogP contribution is 2.46. The third kappa shape index (κ3) is 3.58. The number of nitrogens with zero attached hydrogens (tertiary/aromatic N) is 3. The van der Waals surface area contributed by atoms with Gasteiger partial charge in [-0.15, -0.1) is 0 Å². The average molecular weight is 466 g/mol. The number of ether oxygens (including phenoxy) is 1. The Kier molecular flexibility index (Phi) is 5.59. The second kappa shape index (κ2) is 8.44. The van der Waals surface area contributed by atoms with Crippen molar-refractivity contribution >= 4 is 29.1 Å². The fraction of sp³-hybridized carbons (Fsp3) is 0.440. The molecule has 8 heteroatoms. The van der Waals surface area contributed by atoms with Crippen LogP contribution in [0.15, 0.2) is 24.3 Å². The molecule has 2 aromatic rings. The van der Waals surface area contributed by atoms with E-state index >= 15 is 0 Å². The van der Waals surface area contributed by atoms with E-state index in [1.807, 2.05) is 12.1 Å². The van der Waals surface area contributed by atoms with Crippen molar-refractivity contribution in [3.05, 3.63) is 57.4 Å². The number of rotatable bonds is 4. The van der Waals surface area contributed by atoms with Crippen molar-refractivity contribution in [2.24, 2.45) is 5.92 Å². The number of carboxylic acid groups (broad SMARTS) is 1. The predicted octanol–water partition coefficient (Wildman–Crippen LogP) is 4.51. The summed E-state index contributed by atoms with van der Waals surface area (Å²) in [4.78, 5) is 25.2. The van der Waals surface area contributed by atoms with Gasteiger partial charge >= 0.3 is 5.97 Å². The van der Waals surface area contributed by atoms with E-state index in [2.05, 4.69) is 6.07 Å². The van der Waals surface area contributed by atoms with E-state index in [1.165, 1.54) is 4.68 Å². The molecule has 0 radical (unpaired) electrons. The first-order valence-electron chi connectivity index (χ1n) is 11.3. The number of allylic oxidation sites excluding steroid dienone is 2. The van der Waals surface area contributed by atoms with Crippen molar-refractivity contribution in [2.45, 2.75) is 57.0 Å². The van der Waals surface area contributed by atoms with Crippen molar-refractivity contribution in [2.75, 3.05) is 6.61 Å². The second-order valence-electron chi connectivity index (χ2n) is 9.04. The standard InChI is InChI=1S/C25H24ClN3O4/c26-19-4-1-3-18(25(14-27)10-2-11-25)21(19)23(30)29-20-13-33-12-9-17(20)22(28-29)15-5-7-16(8-6-15)24(31)32/h1,3-5,16H,2,6-13H2,(H,31,32). The van der Waals surface area contributed by atoms with Gasteiger partial charge in [-0.25, -0.2) is 0 Å². The number of hydrogen-bond donors (Lipinski definition) is 1. The van der Waals surface area contributed by atoms with Crippen LogP contribution in [0.1, 0.15) is 71.4 Å². The first kappa shape index (κ1) is 21.9. The summed E-state index contributed by atoms with van der Waals surface area (Å²) in [5.74, 6) is -1.52. The molecule has 2 aliphatic carbocycles. The second-order valence-corrected chi connectivity index (χ2v) is 9.45. The van der Waals surface area contributed by atoms with E-state index in [-0.39, 0.29) is 18.4 Å². The Bertz CT molecular complexity index is 1220. The van der Waals surface area contributed by atoms with Gasteiger partial charge in [0.05, 0.1) is 52.6 Å². The minimum Gasteiger partial charge on any atom is -0.481 e. The summed E-state index contributed by atoms with van der Waals surface area (Å²) in [5.41, 5.74) is 3.70. The van der Waals surface area contributed by atoms with Gasteiger partial charge < -0.3 is 9.84 Å². The summed E-state index contributed by atoms with van der Waals surface area (Å²) >= 11 is 6.53. The number of aliphatic carboxylic acids is 1. The molecule has 1 aliphatic heterocycles. The molecule has 0 amide bonds. The molecule has 3 aliphatic rings. The van der Waals surface area contributed by atoms with E-state index in [1.54, 1.807) is 12.1 Å². The lowest BCUT2D eigenvalue weighted by Gasteiger charge is -2.37. The van der Waals surface area contributed by atoms with E-state index in [9.17, 15) is 20.0 Å². The van der Waals surface area contributed by atoms with Crippen LogP contribution in [0.3, 0.4) is 0 Å². The van der Waals surface area contributed by atoms with Crippen molar-refractivity contribution in [3.8, 4) is 6.07 Å². The number of nitriles is 1. The lowest BCUT2D eigenvalue weighted by Crippen LogP contribution is -2.35. The normalized spacial score (nSPS) is 21.3. The number of aromatic nitrogens is 2. The van der Waals surface area contributed by atoms with Crippen LogP contribution in [0.2, 0.25) is 5.02 Å². The molecular formula is C25H24ClN3O4. The Labute approximate surface area is 196 Å². The molecule has 7 nitrogen and oxygen atoms in total. The van der Waals surface area contributed by atoms with Gasteiger partial charge in [0.1, 0.15) is 0 Å². The maximum atomic E-state index is 13.9. The Morgan fingerprint density at radius 1 is 1.30 bits per heavy atom. The molecular weight excluding hydrogens is 442 g/mol. The predicted molar refractivity (Wildman–Crippen MR) is 121 cm³/mol. The monoisotopic (exact) mass is 465 g/mol. The summed E-state index contributed by atoms with van der Waals surface area (Å²) < 4.78 is 7.05. The smallest absolute Gasteiger partial charge is 0.306 e. The zero-order chi connectivity index (χ0) is 23.2. The third-order valence-electron chi connectivity index (χ3n) is 7.25. The van der Waals surface area contributed by atoms with Crippen molar-refractivity contribution < 1.29 is 19.4 Å². The molecule has 33 heavy (non-hydrogen) atoms. The molecule has 5 rings (SSSR count).